The number of rotatable bonds is 2. The molecule has 0 heterocycles. The minimum atomic E-state index is -0.786. The molecule has 1 N–H and O–H groups in total. The van der Waals surface area contributed by atoms with Crippen LogP contribution in [0.4, 0.5) is 0 Å². The Labute approximate surface area is 147 Å². The smallest absolute Gasteiger partial charge is 0.327 e. The molecular weight excluding hydrogens is 296 g/mol. The molecule has 4 fully saturated rings. The van der Waals surface area contributed by atoms with Gasteiger partial charge in [0.1, 0.15) is 0 Å². The lowest BCUT2D eigenvalue weighted by Crippen LogP contribution is -2.52. The van der Waals surface area contributed by atoms with E-state index in [1.165, 1.54) is 70.3 Å². The number of fused-ring (bicyclic) bond motifs is 5. The van der Waals surface area contributed by atoms with Crippen molar-refractivity contribution in [1.29, 1.82) is 0 Å². The van der Waals surface area contributed by atoms with Gasteiger partial charge >= 0.3 is 5.97 Å². The Balaban J connectivity index is 1.58. The van der Waals surface area contributed by atoms with E-state index in [9.17, 15) is 4.79 Å². The number of hydrogen-bond acceptors (Lipinski definition) is 1. The molecule has 0 bridgehead atoms. The first-order valence-electron chi connectivity index (χ1n) is 10.4. The predicted molar refractivity (Wildman–Crippen MR) is 96.6 cm³/mol. The number of allylic oxidation sites excluding steroid dienone is 1. The molecule has 0 aromatic heterocycles. The van der Waals surface area contributed by atoms with Crippen molar-refractivity contribution >= 4 is 5.97 Å². The minimum absolute atomic E-state index is 0.352. The van der Waals surface area contributed by atoms with Crippen LogP contribution in [0, 0.1) is 40.4 Å². The van der Waals surface area contributed by atoms with Crippen LogP contribution in [0.15, 0.2) is 12.2 Å². The van der Waals surface area contributed by atoms with Crippen molar-refractivity contribution in [1.82, 2.24) is 0 Å². The molecule has 1 unspecified atom stereocenters. The van der Waals surface area contributed by atoms with Crippen LogP contribution in [0.25, 0.3) is 0 Å². The summed E-state index contributed by atoms with van der Waals surface area (Å²) in [6.07, 6.45) is 17.4. The molecule has 2 heteroatoms. The fourth-order valence-electron chi connectivity index (χ4n) is 7.85. The van der Waals surface area contributed by atoms with Crippen molar-refractivity contribution in [2.24, 2.45) is 40.4 Å². The van der Waals surface area contributed by atoms with Gasteiger partial charge < -0.3 is 5.11 Å². The first-order chi connectivity index (χ1) is 11.4. The molecule has 0 aliphatic heterocycles. The molecule has 2 nitrogen and oxygen atoms in total. The van der Waals surface area contributed by atoms with E-state index in [-0.39, 0.29) is 0 Å². The van der Waals surface area contributed by atoms with Crippen LogP contribution in [0.3, 0.4) is 0 Å². The van der Waals surface area contributed by atoms with Crippen molar-refractivity contribution in [3.63, 3.8) is 0 Å². The highest BCUT2D eigenvalue weighted by atomic mass is 16.4. The van der Waals surface area contributed by atoms with Crippen LogP contribution >= 0.6 is 0 Å². The summed E-state index contributed by atoms with van der Waals surface area (Å²) in [4.78, 5) is 11.0. The van der Waals surface area contributed by atoms with Gasteiger partial charge in [-0.15, -0.1) is 0 Å². The standard InChI is InChI=1S/C22H34O2/c1-21-13-4-3-5-15(21)6-9-17-18-10-7-16(8-11-20(23)24)22(18,2)14-12-19(17)21/h8,11,15-19H,3-7,9-10,12-14H2,1-2H3,(H,23,24)/t15?,16-,17-,18-,19-,21-,22+/m0/s1. The van der Waals surface area contributed by atoms with Crippen LogP contribution in [0.2, 0.25) is 0 Å². The Hall–Kier alpha value is -0.790. The van der Waals surface area contributed by atoms with Gasteiger partial charge in [0, 0.05) is 6.08 Å². The van der Waals surface area contributed by atoms with E-state index in [2.05, 4.69) is 13.8 Å². The lowest BCUT2D eigenvalue weighted by atomic mass is 9.45. The maximum atomic E-state index is 11.0. The molecule has 134 valence electrons. The van der Waals surface area contributed by atoms with Gasteiger partial charge in [0.25, 0.3) is 0 Å². The third kappa shape index (κ3) is 2.39. The van der Waals surface area contributed by atoms with Crippen molar-refractivity contribution in [2.75, 3.05) is 0 Å². The third-order valence-electron chi connectivity index (χ3n) is 9.13. The molecule has 0 aromatic rings. The second-order valence-corrected chi connectivity index (χ2v) is 9.83. The van der Waals surface area contributed by atoms with E-state index in [0.29, 0.717) is 16.7 Å². The fourth-order valence-corrected chi connectivity index (χ4v) is 7.85. The van der Waals surface area contributed by atoms with Gasteiger partial charge in [-0.2, -0.15) is 0 Å². The van der Waals surface area contributed by atoms with E-state index >= 15 is 0 Å². The van der Waals surface area contributed by atoms with Gasteiger partial charge in [-0.1, -0.05) is 32.8 Å². The first kappa shape index (κ1) is 16.7. The molecule has 4 saturated carbocycles. The summed E-state index contributed by atoms with van der Waals surface area (Å²) >= 11 is 0. The maximum Gasteiger partial charge on any atom is 0.327 e. The Morgan fingerprint density at radius 3 is 2.50 bits per heavy atom. The molecule has 0 spiro atoms. The molecule has 4 aliphatic carbocycles. The summed E-state index contributed by atoms with van der Waals surface area (Å²) in [5, 5.41) is 9.02. The number of carbonyl (C=O) groups is 1. The number of aliphatic carboxylic acids is 1. The SMILES string of the molecule is C[C@]12CC[C@H]3[C@@H](CCC4CCCC[C@@]43C)[C@@H]1CC[C@H]2C=CC(=O)O. The zero-order valence-electron chi connectivity index (χ0n) is 15.5. The van der Waals surface area contributed by atoms with Crippen LogP contribution in [-0.2, 0) is 4.79 Å². The zero-order valence-corrected chi connectivity index (χ0v) is 15.5. The van der Waals surface area contributed by atoms with Gasteiger partial charge in [0.2, 0.25) is 0 Å². The summed E-state index contributed by atoms with van der Waals surface area (Å²) in [5.74, 6) is 3.37. The van der Waals surface area contributed by atoms with Crippen molar-refractivity contribution < 1.29 is 9.90 Å². The maximum absolute atomic E-state index is 11.0. The van der Waals surface area contributed by atoms with Gasteiger partial charge in [0.05, 0.1) is 0 Å². The summed E-state index contributed by atoms with van der Waals surface area (Å²) in [5.41, 5.74) is 0.961. The molecule has 4 rings (SSSR count). The summed E-state index contributed by atoms with van der Waals surface area (Å²) in [6, 6.07) is 0. The zero-order chi connectivity index (χ0) is 16.9. The Morgan fingerprint density at radius 1 is 0.917 bits per heavy atom. The van der Waals surface area contributed by atoms with Gasteiger partial charge in [-0.05, 0) is 91.8 Å². The summed E-state index contributed by atoms with van der Waals surface area (Å²) < 4.78 is 0. The van der Waals surface area contributed by atoms with Gasteiger partial charge in [0.15, 0.2) is 0 Å². The Kier molecular flexibility index (Phi) is 4.09. The molecule has 0 saturated heterocycles. The average molecular weight is 331 g/mol. The Bertz CT molecular complexity index is 538. The normalized spacial score (nSPS) is 51.0. The quantitative estimate of drug-likeness (QED) is 0.662. The van der Waals surface area contributed by atoms with E-state index in [0.717, 1.165) is 23.7 Å². The third-order valence-corrected chi connectivity index (χ3v) is 9.13. The topological polar surface area (TPSA) is 37.3 Å². The van der Waals surface area contributed by atoms with Crippen LogP contribution in [-0.4, -0.2) is 11.1 Å². The number of carboxylic acid groups (broad SMARTS) is 1. The molecular formula is C22H34O2. The van der Waals surface area contributed by atoms with Gasteiger partial charge in [-0.25, -0.2) is 4.79 Å². The second kappa shape index (κ2) is 5.88. The average Bonchev–Trinajstić information content (AvgIpc) is 2.89. The molecule has 4 aliphatic rings. The van der Waals surface area contributed by atoms with Crippen molar-refractivity contribution in [3.05, 3.63) is 12.2 Å². The second-order valence-electron chi connectivity index (χ2n) is 9.83. The minimum Gasteiger partial charge on any atom is -0.478 e. The first-order valence-corrected chi connectivity index (χ1v) is 10.4. The highest BCUT2D eigenvalue weighted by Gasteiger charge is 2.59. The fraction of sp³-hybridized carbons (Fsp3) is 0.864. The Morgan fingerprint density at radius 2 is 1.71 bits per heavy atom. The number of hydrogen-bond donors (Lipinski definition) is 1. The number of carboxylic acids is 1. The summed E-state index contributed by atoms with van der Waals surface area (Å²) in [6.45, 7) is 5.11. The predicted octanol–water partition coefficient (Wildman–Crippen LogP) is 5.68. The van der Waals surface area contributed by atoms with E-state index in [1.54, 1.807) is 0 Å². The van der Waals surface area contributed by atoms with E-state index in [1.807, 2.05) is 6.08 Å². The van der Waals surface area contributed by atoms with Crippen molar-refractivity contribution in [3.8, 4) is 0 Å². The largest absolute Gasteiger partial charge is 0.478 e. The monoisotopic (exact) mass is 330 g/mol. The van der Waals surface area contributed by atoms with Crippen molar-refractivity contribution in [2.45, 2.75) is 78.1 Å². The molecule has 0 radical (unpaired) electrons. The lowest BCUT2D eigenvalue weighted by Gasteiger charge is -2.60. The highest BCUT2D eigenvalue weighted by molar-refractivity contribution is 5.79. The van der Waals surface area contributed by atoms with E-state index in [4.69, 9.17) is 5.11 Å². The van der Waals surface area contributed by atoms with Crippen LogP contribution in [0.1, 0.15) is 78.1 Å². The van der Waals surface area contributed by atoms with Crippen LogP contribution < -0.4 is 0 Å². The van der Waals surface area contributed by atoms with E-state index < -0.39 is 5.97 Å². The molecule has 24 heavy (non-hydrogen) atoms. The van der Waals surface area contributed by atoms with Crippen LogP contribution in [0.5, 0.6) is 0 Å². The summed E-state index contributed by atoms with van der Waals surface area (Å²) in [7, 11) is 0. The lowest BCUT2D eigenvalue weighted by molar-refractivity contribution is -0.131. The highest BCUT2D eigenvalue weighted by Crippen LogP contribution is 2.67. The van der Waals surface area contributed by atoms with Gasteiger partial charge in [-0.3, -0.25) is 0 Å². The molecule has 7 atom stereocenters. The molecule has 0 aromatic carbocycles. The molecule has 0 amide bonds.